The zero-order valence-corrected chi connectivity index (χ0v) is 17.0. The van der Waals surface area contributed by atoms with Gasteiger partial charge in [-0.1, -0.05) is 46.3 Å². The predicted octanol–water partition coefficient (Wildman–Crippen LogP) is 4.23. The molecule has 23 heavy (non-hydrogen) atoms. The molecule has 3 heteroatoms. The highest BCUT2D eigenvalue weighted by Gasteiger charge is 2.28. The van der Waals surface area contributed by atoms with E-state index in [0.29, 0.717) is 0 Å². The Bertz CT molecular complexity index is 354. The molecule has 0 bridgehead atoms. The molecule has 0 saturated carbocycles. The Morgan fingerprint density at radius 2 is 1.61 bits per heavy atom. The number of likely N-dealkylation sites (N-methyl/N-ethyl adjacent to an activating group) is 3. The molecule has 2 aliphatic rings. The quantitative estimate of drug-likeness (QED) is 0.724. The van der Waals surface area contributed by atoms with Gasteiger partial charge in [-0.05, 0) is 39.4 Å². The molecule has 0 spiro atoms. The van der Waals surface area contributed by atoms with Crippen LogP contribution in [0, 0.1) is 0 Å². The molecule has 0 radical (unpaired) electrons. The number of nitrogens with zero attached hydrogens (tertiary/aromatic N) is 3. The minimum atomic E-state index is 0.774. The highest BCUT2D eigenvalue weighted by Crippen LogP contribution is 2.20. The second-order valence-electron chi connectivity index (χ2n) is 6.08. The van der Waals surface area contributed by atoms with E-state index < -0.39 is 0 Å². The van der Waals surface area contributed by atoms with Crippen LogP contribution in [-0.4, -0.2) is 67.6 Å². The molecule has 3 nitrogen and oxygen atoms in total. The molecule has 0 amide bonds. The Morgan fingerprint density at radius 1 is 1.00 bits per heavy atom. The van der Waals surface area contributed by atoms with Crippen LogP contribution in [0.1, 0.15) is 54.4 Å². The molecule has 0 aromatic heterocycles. The Labute approximate surface area is 146 Å². The van der Waals surface area contributed by atoms with Gasteiger partial charge in [-0.3, -0.25) is 4.90 Å². The van der Waals surface area contributed by atoms with Crippen LogP contribution in [0.3, 0.4) is 0 Å². The molecule has 1 aliphatic carbocycles. The smallest absolute Gasteiger partial charge is 0.0348 e. The molecule has 1 fully saturated rings. The van der Waals surface area contributed by atoms with Crippen LogP contribution >= 0.6 is 0 Å². The van der Waals surface area contributed by atoms with Crippen LogP contribution in [-0.2, 0) is 0 Å². The van der Waals surface area contributed by atoms with Gasteiger partial charge in [-0.15, -0.1) is 0 Å². The van der Waals surface area contributed by atoms with Crippen LogP contribution in [0.5, 0.6) is 0 Å². The van der Waals surface area contributed by atoms with Gasteiger partial charge in [0.1, 0.15) is 0 Å². The molecule has 1 aliphatic heterocycles. The van der Waals surface area contributed by atoms with E-state index in [-0.39, 0.29) is 0 Å². The van der Waals surface area contributed by atoms with Crippen molar-refractivity contribution in [1.29, 1.82) is 0 Å². The molecule has 2 rings (SSSR count). The Balaban J connectivity index is 0.00000112. The van der Waals surface area contributed by atoms with Crippen molar-refractivity contribution in [2.24, 2.45) is 0 Å². The fourth-order valence-corrected chi connectivity index (χ4v) is 2.76. The maximum atomic E-state index is 2.52. The van der Waals surface area contributed by atoms with Crippen LogP contribution in [0.15, 0.2) is 23.4 Å². The van der Waals surface area contributed by atoms with E-state index in [4.69, 9.17) is 0 Å². The lowest BCUT2D eigenvalue weighted by Crippen LogP contribution is -2.58. The van der Waals surface area contributed by atoms with E-state index in [1.165, 1.54) is 50.3 Å². The van der Waals surface area contributed by atoms with Gasteiger partial charge in [0.25, 0.3) is 0 Å². The summed E-state index contributed by atoms with van der Waals surface area (Å²) in [6, 6.07) is 0.774. The predicted molar refractivity (Wildman–Crippen MR) is 105 cm³/mol. The lowest BCUT2D eigenvalue weighted by atomic mass is 10.0. The van der Waals surface area contributed by atoms with Crippen LogP contribution in [0.2, 0.25) is 0 Å². The second-order valence-corrected chi connectivity index (χ2v) is 6.08. The summed E-state index contributed by atoms with van der Waals surface area (Å²) in [4.78, 5) is 7.45. The lowest BCUT2D eigenvalue weighted by Gasteiger charge is -2.44. The minimum Gasteiger partial charge on any atom is -0.377 e. The third-order valence-corrected chi connectivity index (χ3v) is 4.62. The number of hydrogen-bond donors (Lipinski definition) is 0. The van der Waals surface area contributed by atoms with Crippen molar-refractivity contribution in [1.82, 2.24) is 14.7 Å². The summed E-state index contributed by atoms with van der Waals surface area (Å²) in [5, 5.41) is 0. The first kappa shape index (κ1) is 22.2. The normalized spacial score (nSPS) is 18.0. The Morgan fingerprint density at radius 3 is 2.09 bits per heavy atom. The van der Waals surface area contributed by atoms with Crippen molar-refractivity contribution in [3.05, 3.63) is 23.4 Å². The van der Waals surface area contributed by atoms with Gasteiger partial charge in [0.2, 0.25) is 0 Å². The molecule has 0 aromatic carbocycles. The maximum Gasteiger partial charge on any atom is 0.0348 e. The summed E-state index contributed by atoms with van der Waals surface area (Å²) in [6.45, 7) is 18.5. The third-order valence-electron chi connectivity index (χ3n) is 4.62. The monoisotopic (exact) mass is 323 g/mol. The first-order valence-electron chi connectivity index (χ1n) is 9.60. The largest absolute Gasteiger partial charge is 0.377 e. The molecule has 0 N–H and O–H groups in total. The topological polar surface area (TPSA) is 9.72 Å². The zero-order chi connectivity index (χ0) is 17.8. The summed E-state index contributed by atoms with van der Waals surface area (Å²) >= 11 is 0. The van der Waals surface area contributed by atoms with E-state index in [1.54, 1.807) is 0 Å². The van der Waals surface area contributed by atoms with E-state index in [1.807, 2.05) is 27.7 Å². The fourth-order valence-electron chi connectivity index (χ4n) is 2.76. The van der Waals surface area contributed by atoms with Gasteiger partial charge in [-0.2, -0.15) is 0 Å². The minimum absolute atomic E-state index is 0.774. The number of allylic oxidation sites excluding steroid dienone is 4. The zero-order valence-electron chi connectivity index (χ0n) is 17.0. The van der Waals surface area contributed by atoms with E-state index in [0.717, 1.165) is 12.6 Å². The summed E-state index contributed by atoms with van der Waals surface area (Å²) in [7, 11) is 4.50. The summed E-state index contributed by atoms with van der Waals surface area (Å²) in [5.41, 5.74) is 2.99. The Hall–Kier alpha value is -0.800. The van der Waals surface area contributed by atoms with Crippen LogP contribution in [0.25, 0.3) is 0 Å². The molecule has 1 saturated heterocycles. The second kappa shape index (κ2) is 12.6. The maximum absolute atomic E-state index is 2.52. The number of likely N-dealkylation sites (tertiary alicyclic amines) is 1. The lowest BCUT2D eigenvalue weighted by molar-refractivity contribution is 0.0507. The van der Waals surface area contributed by atoms with Gasteiger partial charge < -0.3 is 9.80 Å². The highest BCUT2D eigenvalue weighted by molar-refractivity contribution is 5.21. The standard InChI is InChI=1S/C16H29N3.2C2H6/c1-5-19-12-16(13-19)18(4)11-10-17(3)15-8-6-14(2)7-9-15;2*1-2/h6,8,16H,5,7,9-13H2,1-4H3;2*1-2H3. The van der Waals surface area contributed by atoms with Gasteiger partial charge in [0.05, 0.1) is 0 Å². The van der Waals surface area contributed by atoms with Crippen molar-refractivity contribution < 1.29 is 0 Å². The number of rotatable bonds is 6. The Kier molecular flexibility index (Phi) is 12.2. The average Bonchev–Trinajstić information content (AvgIpc) is 2.56. The van der Waals surface area contributed by atoms with Crippen molar-refractivity contribution in [2.45, 2.75) is 60.4 Å². The van der Waals surface area contributed by atoms with Crippen molar-refractivity contribution in [3.8, 4) is 0 Å². The van der Waals surface area contributed by atoms with E-state index in [2.05, 4.69) is 54.8 Å². The SMILES string of the molecule is CC.CC.CCN1CC(N(C)CCN(C)C2=CC=C(C)CC2)C1. The molecule has 136 valence electrons. The molecular formula is C20H41N3. The van der Waals surface area contributed by atoms with E-state index in [9.17, 15) is 0 Å². The van der Waals surface area contributed by atoms with Crippen molar-refractivity contribution in [2.75, 3.05) is 46.8 Å². The average molecular weight is 324 g/mol. The fraction of sp³-hybridized carbons (Fsp3) is 0.800. The molecule has 0 aromatic rings. The highest BCUT2D eigenvalue weighted by atomic mass is 15.3. The first-order chi connectivity index (χ1) is 11.1. The number of hydrogen-bond acceptors (Lipinski definition) is 3. The summed E-state index contributed by atoms with van der Waals surface area (Å²) < 4.78 is 0. The van der Waals surface area contributed by atoms with Crippen LogP contribution < -0.4 is 0 Å². The summed E-state index contributed by atoms with van der Waals surface area (Å²) in [6.07, 6.45) is 6.99. The van der Waals surface area contributed by atoms with E-state index >= 15 is 0 Å². The van der Waals surface area contributed by atoms with Gasteiger partial charge in [0.15, 0.2) is 0 Å². The molecular weight excluding hydrogens is 282 g/mol. The molecule has 0 unspecified atom stereocenters. The van der Waals surface area contributed by atoms with Gasteiger partial charge in [0, 0.05) is 45.0 Å². The third kappa shape index (κ3) is 7.54. The van der Waals surface area contributed by atoms with Crippen LogP contribution in [0.4, 0.5) is 0 Å². The van der Waals surface area contributed by atoms with Gasteiger partial charge >= 0.3 is 0 Å². The van der Waals surface area contributed by atoms with Gasteiger partial charge in [-0.25, -0.2) is 0 Å². The molecule has 0 atom stereocenters. The summed E-state index contributed by atoms with van der Waals surface area (Å²) in [5.74, 6) is 0. The van der Waals surface area contributed by atoms with Crippen molar-refractivity contribution >= 4 is 0 Å². The molecule has 1 heterocycles. The first-order valence-corrected chi connectivity index (χ1v) is 9.60. The van der Waals surface area contributed by atoms with Crippen molar-refractivity contribution in [3.63, 3.8) is 0 Å².